The average molecular weight is 980 g/mol. The summed E-state index contributed by atoms with van der Waals surface area (Å²) in [4.78, 5) is 49.2. The minimum absolute atomic E-state index is 0.100. The van der Waals surface area contributed by atoms with Gasteiger partial charge in [0.2, 0.25) is 21.8 Å². The quantitative estimate of drug-likeness (QED) is 0.157. The third-order valence-electron chi connectivity index (χ3n) is 12.6. The highest BCUT2D eigenvalue weighted by atomic mass is 35.7. The number of hydrogen-bond donors (Lipinski definition) is 2. The lowest BCUT2D eigenvalue weighted by molar-refractivity contribution is -0.385. The van der Waals surface area contributed by atoms with E-state index in [0.717, 1.165) is 75.9 Å². The summed E-state index contributed by atoms with van der Waals surface area (Å²) in [6.07, 6.45) is 11.1. The molecule has 2 saturated heterocycles. The normalized spacial score (nSPS) is 26.6. The number of nitro groups is 2. The lowest BCUT2D eigenvalue weighted by Crippen LogP contribution is -2.52. The molecular formula is C40H53Cl3N6O12S2. The SMILES string of the molecule is NC1CCC(C(=O)N2CCOC[C@@H]2C2CC2)CC1.O=C(C1CCC(NS(=O)(=O)c2ccc(Cl)c([N+](=O)[O-])c2)CC1)N1CCOC[C@@H]1C1CC1.O=[N+]([O-])c1cc(S(=O)(=O)Cl)ccc1Cl. The number of nitrogens with two attached hydrogens (primary N) is 1. The predicted molar refractivity (Wildman–Crippen MR) is 233 cm³/mol. The van der Waals surface area contributed by atoms with E-state index in [0.29, 0.717) is 81.9 Å². The van der Waals surface area contributed by atoms with Gasteiger partial charge in [0, 0.05) is 59.8 Å². The van der Waals surface area contributed by atoms with Crippen LogP contribution in [-0.4, -0.2) is 112 Å². The number of benzene rings is 2. The molecule has 6 fully saturated rings. The maximum atomic E-state index is 13.1. The summed E-state index contributed by atoms with van der Waals surface area (Å²) in [6, 6.07) is 6.99. The van der Waals surface area contributed by atoms with Crippen molar-refractivity contribution in [2.24, 2.45) is 29.4 Å². The first-order valence-corrected chi connectivity index (χ1v) is 25.8. The number of carbonyl (C=O) groups excluding carboxylic acids is 2. The molecule has 23 heteroatoms. The molecule has 0 bridgehead atoms. The maximum absolute atomic E-state index is 13.1. The number of sulfonamides is 1. The van der Waals surface area contributed by atoms with E-state index in [1.54, 1.807) is 0 Å². The summed E-state index contributed by atoms with van der Waals surface area (Å²) >= 11 is 11.2. The van der Waals surface area contributed by atoms with Crippen LogP contribution in [-0.2, 0) is 38.1 Å². The van der Waals surface area contributed by atoms with Gasteiger partial charge in [-0.1, -0.05) is 23.2 Å². The molecule has 4 saturated carbocycles. The second kappa shape index (κ2) is 21.4. The van der Waals surface area contributed by atoms with Gasteiger partial charge < -0.3 is 25.0 Å². The zero-order valence-electron chi connectivity index (χ0n) is 34.5. The summed E-state index contributed by atoms with van der Waals surface area (Å²) in [5.74, 6) is 1.92. The van der Waals surface area contributed by atoms with E-state index in [1.165, 1.54) is 25.0 Å². The lowest BCUT2D eigenvalue weighted by atomic mass is 9.85. The van der Waals surface area contributed by atoms with Gasteiger partial charge in [0.05, 0.1) is 58.1 Å². The van der Waals surface area contributed by atoms with E-state index in [-0.39, 0.29) is 49.7 Å². The van der Waals surface area contributed by atoms with Gasteiger partial charge in [-0.2, -0.15) is 0 Å². The van der Waals surface area contributed by atoms with Crippen molar-refractivity contribution in [2.45, 2.75) is 111 Å². The van der Waals surface area contributed by atoms with Crippen LogP contribution in [0.4, 0.5) is 11.4 Å². The van der Waals surface area contributed by atoms with Gasteiger partial charge in [0.25, 0.3) is 20.4 Å². The highest BCUT2D eigenvalue weighted by Crippen LogP contribution is 2.40. The fourth-order valence-electron chi connectivity index (χ4n) is 8.70. The number of amides is 2. The van der Waals surface area contributed by atoms with Crippen molar-refractivity contribution in [1.82, 2.24) is 14.5 Å². The van der Waals surface area contributed by atoms with Crippen molar-refractivity contribution in [3.05, 3.63) is 66.7 Å². The van der Waals surface area contributed by atoms with Crippen LogP contribution in [0.3, 0.4) is 0 Å². The van der Waals surface area contributed by atoms with Crippen LogP contribution in [0.15, 0.2) is 46.2 Å². The number of hydrogen-bond acceptors (Lipinski definition) is 13. The number of nitrogens with one attached hydrogen (secondary N) is 1. The Balaban J connectivity index is 0.000000174. The van der Waals surface area contributed by atoms with Gasteiger partial charge in [-0.25, -0.2) is 21.6 Å². The molecule has 0 radical (unpaired) electrons. The lowest BCUT2D eigenvalue weighted by Gasteiger charge is -2.39. The predicted octanol–water partition coefficient (Wildman–Crippen LogP) is 6.04. The Morgan fingerprint density at radius 1 is 0.667 bits per heavy atom. The van der Waals surface area contributed by atoms with Crippen molar-refractivity contribution < 1.29 is 45.7 Å². The van der Waals surface area contributed by atoms with Crippen LogP contribution in [0.25, 0.3) is 0 Å². The Kier molecular flexibility index (Phi) is 16.7. The van der Waals surface area contributed by atoms with Gasteiger partial charge in [0.1, 0.15) is 10.0 Å². The van der Waals surface area contributed by atoms with E-state index >= 15 is 0 Å². The fraction of sp³-hybridized carbons (Fsp3) is 0.650. The summed E-state index contributed by atoms with van der Waals surface area (Å²) in [6.45, 7) is 4.06. The molecule has 2 aromatic rings. The van der Waals surface area contributed by atoms with E-state index in [9.17, 15) is 46.7 Å². The minimum Gasteiger partial charge on any atom is -0.377 e. The first-order valence-electron chi connectivity index (χ1n) is 21.2. The number of halogens is 3. The van der Waals surface area contributed by atoms with Gasteiger partial charge in [0.15, 0.2) is 0 Å². The molecule has 4 aliphatic carbocycles. The molecule has 6 aliphatic rings. The smallest absolute Gasteiger partial charge is 0.289 e. The summed E-state index contributed by atoms with van der Waals surface area (Å²) in [5.41, 5.74) is 4.97. The van der Waals surface area contributed by atoms with Crippen LogP contribution in [0.2, 0.25) is 10.0 Å². The molecule has 2 atom stereocenters. The first-order chi connectivity index (χ1) is 29.8. The molecule has 0 unspecified atom stereocenters. The monoisotopic (exact) mass is 978 g/mol. The van der Waals surface area contributed by atoms with Gasteiger partial charge in [-0.15, -0.1) is 0 Å². The number of ether oxygens (including phenoxy) is 2. The molecule has 8 rings (SSSR count). The number of nitro benzene ring substituents is 2. The topological polar surface area (TPSA) is 252 Å². The highest BCUT2D eigenvalue weighted by Gasteiger charge is 2.43. The number of rotatable bonds is 10. The minimum atomic E-state index is -3.97. The molecule has 18 nitrogen and oxygen atoms in total. The van der Waals surface area contributed by atoms with Crippen LogP contribution in [0.5, 0.6) is 0 Å². The molecule has 2 aliphatic heterocycles. The fourth-order valence-corrected chi connectivity index (χ4v) is 11.2. The molecule has 348 valence electrons. The first kappa shape index (κ1) is 49.2. The second-order valence-electron chi connectivity index (χ2n) is 17.0. The third kappa shape index (κ3) is 13.2. The van der Waals surface area contributed by atoms with E-state index < -0.39 is 40.3 Å². The zero-order valence-corrected chi connectivity index (χ0v) is 38.4. The molecule has 2 amide bonds. The second-order valence-corrected chi connectivity index (χ2v) is 22.1. The van der Waals surface area contributed by atoms with E-state index in [1.807, 2.05) is 4.90 Å². The highest BCUT2D eigenvalue weighted by molar-refractivity contribution is 8.13. The molecule has 0 spiro atoms. The standard InChI is InChI=1S/C20H26ClN3O6S.C14H24N2O2.C6H3Cl2NO4S/c21-17-8-7-16(11-18(17)24(26)27)31(28,29)22-15-5-3-14(4-6-15)20(25)23-9-10-30-12-19(23)13-1-2-13;15-12-5-3-11(4-6-12)14(17)16-7-8-18-9-13(16)10-1-2-10;7-5-2-1-4(14(8,12)13)3-6(5)9(10)11/h7-8,11,13-15,19,22H,1-6,9-10,12H2;10-13H,1-9,15H2;1-3H/t14?,15?,19-;11?,12?,13-;/m11./s1. The van der Waals surface area contributed by atoms with Crippen LogP contribution < -0.4 is 10.5 Å². The Hall–Kier alpha value is -3.21. The van der Waals surface area contributed by atoms with Gasteiger partial charge in [-0.3, -0.25) is 29.8 Å². The largest absolute Gasteiger partial charge is 0.377 e. The van der Waals surface area contributed by atoms with Crippen molar-refractivity contribution in [3.8, 4) is 0 Å². The van der Waals surface area contributed by atoms with E-state index in [2.05, 4.69) is 9.62 Å². The van der Waals surface area contributed by atoms with Gasteiger partial charge in [-0.05, 0) is 113 Å². The molecule has 63 heavy (non-hydrogen) atoms. The summed E-state index contributed by atoms with van der Waals surface area (Å²) < 4.78 is 60.8. The number of morpholine rings is 2. The zero-order chi connectivity index (χ0) is 45.6. The van der Waals surface area contributed by atoms with Gasteiger partial charge >= 0.3 is 0 Å². The number of carbonyl (C=O) groups is 2. The Morgan fingerprint density at radius 3 is 1.49 bits per heavy atom. The van der Waals surface area contributed by atoms with Crippen molar-refractivity contribution >= 4 is 76.1 Å². The Morgan fingerprint density at radius 2 is 1.08 bits per heavy atom. The van der Waals surface area contributed by atoms with Crippen LogP contribution in [0, 0.1) is 43.9 Å². The number of nitrogens with zero attached hydrogens (tertiary/aromatic N) is 4. The van der Waals surface area contributed by atoms with Crippen LogP contribution >= 0.6 is 33.9 Å². The van der Waals surface area contributed by atoms with E-state index in [4.69, 9.17) is 49.1 Å². The Bertz CT molecular complexity index is 2220. The third-order valence-corrected chi connectivity index (χ3v) is 16.1. The summed E-state index contributed by atoms with van der Waals surface area (Å²) in [5, 5.41) is 21.2. The molecule has 2 heterocycles. The Labute approximate surface area is 381 Å². The van der Waals surface area contributed by atoms with Crippen molar-refractivity contribution in [2.75, 3.05) is 39.5 Å². The maximum Gasteiger partial charge on any atom is 0.289 e. The molecule has 3 N–H and O–H groups in total. The van der Waals surface area contributed by atoms with Crippen LogP contribution in [0.1, 0.15) is 77.0 Å². The summed E-state index contributed by atoms with van der Waals surface area (Å²) in [7, 11) is -2.90. The molecular weight excluding hydrogens is 927 g/mol. The van der Waals surface area contributed by atoms with Crippen molar-refractivity contribution in [1.29, 1.82) is 0 Å². The average Bonchev–Trinajstić information content (AvgIpc) is 4.19. The molecule has 2 aromatic carbocycles. The van der Waals surface area contributed by atoms with Crippen molar-refractivity contribution in [3.63, 3.8) is 0 Å². The molecule has 0 aromatic heterocycles.